The number of aromatic nitrogens is 3. The molecule has 2 aromatic carbocycles. The Morgan fingerprint density at radius 2 is 1.73 bits per heavy atom. The van der Waals surface area contributed by atoms with Crippen molar-refractivity contribution in [2.45, 2.75) is 43.8 Å². The van der Waals surface area contributed by atoms with Crippen LogP contribution < -0.4 is 5.32 Å². The molecule has 4 aromatic rings. The van der Waals surface area contributed by atoms with Crippen LogP contribution in [0.25, 0.3) is 28.0 Å². The SMILES string of the molecule is N#CC1(NC(=O)c2cnn3c(-c4ccc(C(F)(F)F)cc4)c(-c4ccccc4Cl)cnc23)CCCCC1. The number of fused-ring (bicyclic) bond motifs is 1. The average Bonchev–Trinajstić information content (AvgIpc) is 3.33. The first-order valence-corrected chi connectivity index (χ1v) is 12.1. The van der Waals surface area contributed by atoms with Crippen molar-refractivity contribution in [3.05, 3.63) is 77.1 Å². The zero-order chi connectivity index (χ0) is 26.2. The van der Waals surface area contributed by atoms with E-state index in [4.69, 9.17) is 11.6 Å². The van der Waals surface area contributed by atoms with E-state index < -0.39 is 23.2 Å². The van der Waals surface area contributed by atoms with Crippen LogP contribution in [0.5, 0.6) is 0 Å². The number of nitriles is 1. The first-order valence-electron chi connectivity index (χ1n) is 11.8. The van der Waals surface area contributed by atoms with Crippen molar-refractivity contribution in [2.24, 2.45) is 0 Å². The molecule has 1 amide bonds. The predicted octanol–water partition coefficient (Wildman–Crippen LogP) is 6.69. The molecule has 37 heavy (non-hydrogen) atoms. The molecule has 1 fully saturated rings. The maximum Gasteiger partial charge on any atom is 0.416 e. The van der Waals surface area contributed by atoms with Crippen molar-refractivity contribution < 1.29 is 18.0 Å². The van der Waals surface area contributed by atoms with Crippen LogP contribution in [0.4, 0.5) is 13.2 Å². The minimum Gasteiger partial charge on any atom is -0.334 e. The molecule has 0 unspecified atom stereocenters. The number of hydrogen-bond acceptors (Lipinski definition) is 4. The quantitative estimate of drug-likeness (QED) is 0.323. The maximum atomic E-state index is 13.3. The zero-order valence-corrected chi connectivity index (χ0v) is 20.3. The van der Waals surface area contributed by atoms with Gasteiger partial charge in [-0.25, -0.2) is 9.50 Å². The molecule has 1 aliphatic rings. The normalized spacial score (nSPS) is 15.3. The van der Waals surface area contributed by atoms with Crippen LogP contribution in [0, 0.1) is 11.3 Å². The molecule has 1 aliphatic carbocycles. The largest absolute Gasteiger partial charge is 0.416 e. The van der Waals surface area contributed by atoms with Crippen molar-refractivity contribution in [1.29, 1.82) is 5.26 Å². The molecule has 0 aliphatic heterocycles. The second kappa shape index (κ2) is 9.52. The Hall–Kier alpha value is -3.90. The number of benzene rings is 2. The van der Waals surface area contributed by atoms with E-state index in [-0.39, 0.29) is 11.2 Å². The van der Waals surface area contributed by atoms with E-state index in [0.29, 0.717) is 40.2 Å². The molecule has 10 heteroatoms. The molecule has 2 heterocycles. The summed E-state index contributed by atoms with van der Waals surface area (Å²) >= 11 is 6.45. The fourth-order valence-corrected chi connectivity index (χ4v) is 5.00. The van der Waals surface area contributed by atoms with Crippen LogP contribution in [-0.2, 0) is 6.18 Å². The molecule has 0 bridgehead atoms. The summed E-state index contributed by atoms with van der Waals surface area (Å²) in [5.74, 6) is -0.477. The third kappa shape index (κ3) is 4.65. The van der Waals surface area contributed by atoms with Gasteiger partial charge in [0.2, 0.25) is 0 Å². The van der Waals surface area contributed by atoms with Gasteiger partial charge in [-0.1, -0.05) is 61.2 Å². The Kier molecular flexibility index (Phi) is 6.38. The summed E-state index contributed by atoms with van der Waals surface area (Å²) < 4.78 is 41.0. The second-order valence-corrected chi connectivity index (χ2v) is 9.48. The summed E-state index contributed by atoms with van der Waals surface area (Å²) in [5, 5.41) is 17.5. The average molecular weight is 524 g/mol. The van der Waals surface area contributed by atoms with E-state index >= 15 is 0 Å². The molecular formula is C27H21ClF3N5O. The van der Waals surface area contributed by atoms with Crippen molar-refractivity contribution in [1.82, 2.24) is 19.9 Å². The van der Waals surface area contributed by atoms with Crippen LogP contribution in [0.1, 0.15) is 48.0 Å². The number of nitrogens with zero attached hydrogens (tertiary/aromatic N) is 4. The highest BCUT2D eigenvalue weighted by atomic mass is 35.5. The predicted molar refractivity (Wildman–Crippen MR) is 133 cm³/mol. The van der Waals surface area contributed by atoms with Crippen LogP contribution in [0.15, 0.2) is 60.9 Å². The molecule has 2 aromatic heterocycles. The van der Waals surface area contributed by atoms with Gasteiger partial charge in [0.05, 0.1) is 23.5 Å². The highest BCUT2D eigenvalue weighted by Crippen LogP contribution is 2.38. The lowest BCUT2D eigenvalue weighted by Gasteiger charge is -2.31. The van der Waals surface area contributed by atoms with E-state index in [1.807, 2.05) is 0 Å². The molecule has 0 radical (unpaired) electrons. The van der Waals surface area contributed by atoms with E-state index in [2.05, 4.69) is 21.5 Å². The third-order valence-corrected chi connectivity index (χ3v) is 7.02. The van der Waals surface area contributed by atoms with E-state index in [0.717, 1.165) is 31.4 Å². The molecule has 5 rings (SSSR count). The van der Waals surface area contributed by atoms with Gasteiger partial charge < -0.3 is 5.32 Å². The van der Waals surface area contributed by atoms with Gasteiger partial charge in [0.25, 0.3) is 5.91 Å². The summed E-state index contributed by atoms with van der Waals surface area (Å²) in [5.41, 5.74) is 0.665. The smallest absolute Gasteiger partial charge is 0.334 e. The van der Waals surface area contributed by atoms with E-state index in [1.165, 1.54) is 29.0 Å². The Labute approximate surface area is 215 Å². The van der Waals surface area contributed by atoms with Crippen LogP contribution in [0.2, 0.25) is 5.02 Å². The summed E-state index contributed by atoms with van der Waals surface area (Å²) in [4.78, 5) is 17.7. The number of amides is 1. The number of rotatable bonds is 4. The van der Waals surface area contributed by atoms with Gasteiger partial charge in [-0.3, -0.25) is 4.79 Å². The van der Waals surface area contributed by atoms with Gasteiger partial charge in [-0.05, 0) is 31.0 Å². The summed E-state index contributed by atoms with van der Waals surface area (Å²) in [6, 6.07) is 14.0. The fraction of sp³-hybridized carbons (Fsp3) is 0.259. The highest BCUT2D eigenvalue weighted by molar-refractivity contribution is 6.33. The number of nitrogens with one attached hydrogen (secondary N) is 1. The first kappa shape index (κ1) is 24.8. The lowest BCUT2D eigenvalue weighted by Crippen LogP contribution is -2.48. The number of hydrogen-bond donors (Lipinski definition) is 1. The Bertz CT molecular complexity index is 1520. The van der Waals surface area contributed by atoms with Gasteiger partial charge in [0.15, 0.2) is 5.65 Å². The van der Waals surface area contributed by atoms with Gasteiger partial charge in [0, 0.05) is 27.9 Å². The van der Waals surface area contributed by atoms with Gasteiger partial charge in [-0.15, -0.1) is 0 Å². The standard InChI is InChI=1S/C27H21ClF3N5O/c28-22-7-3-2-6-19(22)20-14-33-24-21(25(37)35-26(16-32)12-4-1-5-13-26)15-34-36(24)23(20)17-8-10-18(11-9-17)27(29,30)31/h2-3,6-11,14-15H,1,4-5,12-13H2,(H,35,37). The Balaban J connectivity index is 1.65. The molecular weight excluding hydrogens is 503 g/mol. The molecule has 0 spiro atoms. The minimum atomic E-state index is -4.48. The minimum absolute atomic E-state index is 0.166. The lowest BCUT2D eigenvalue weighted by atomic mass is 9.82. The summed E-state index contributed by atoms with van der Waals surface area (Å²) in [7, 11) is 0. The number of carbonyl (C=O) groups is 1. The number of carbonyl (C=O) groups excluding carboxylic acids is 1. The topological polar surface area (TPSA) is 83.1 Å². The maximum absolute atomic E-state index is 13.3. The summed E-state index contributed by atoms with van der Waals surface area (Å²) in [6.45, 7) is 0. The molecule has 188 valence electrons. The van der Waals surface area contributed by atoms with Crippen LogP contribution in [-0.4, -0.2) is 26.0 Å². The van der Waals surface area contributed by atoms with E-state index in [1.54, 1.807) is 24.3 Å². The molecule has 0 saturated heterocycles. The summed E-state index contributed by atoms with van der Waals surface area (Å²) in [6.07, 6.45) is 2.24. The highest BCUT2D eigenvalue weighted by Gasteiger charge is 2.35. The molecule has 1 N–H and O–H groups in total. The van der Waals surface area contributed by atoms with Crippen molar-refractivity contribution >= 4 is 23.2 Å². The van der Waals surface area contributed by atoms with Crippen molar-refractivity contribution in [3.8, 4) is 28.5 Å². The second-order valence-electron chi connectivity index (χ2n) is 9.08. The number of halogens is 4. The van der Waals surface area contributed by atoms with Gasteiger partial charge >= 0.3 is 6.18 Å². The first-order chi connectivity index (χ1) is 17.7. The zero-order valence-electron chi connectivity index (χ0n) is 19.5. The monoisotopic (exact) mass is 523 g/mol. The van der Waals surface area contributed by atoms with Crippen molar-refractivity contribution in [3.63, 3.8) is 0 Å². The van der Waals surface area contributed by atoms with Gasteiger partial charge in [-0.2, -0.15) is 23.5 Å². The van der Waals surface area contributed by atoms with E-state index in [9.17, 15) is 23.2 Å². The molecule has 1 saturated carbocycles. The Morgan fingerprint density at radius 3 is 2.38 bits per heavy atom. The molecule has 0 atom stereocenters. The fourth-order valence-electron chi connectivity index (χ4n) is 4.77. The number of alkyl halides is 3. The van der Waals surface area contributed by atoms with Crippen molar-refractivity contribution in [2.75, 3.05) is 0 Å². The third-order valence-electron chi connectivity index (χ3n) is 6.69. The molecule has 6 nitrogen and oxygen atoms in total. The Morgan fingerprint density at radius 1 is 1.03 bits per heavy atom. The van der Waals surface area contributed by atoms with Gasteiger partial charge in [0.1, 0.15) is 11.1 Å². The van der Waals surface area contributed by atoms with Crippen LogP contribution >= 0.6 is 11.6 Å². The van der Waals surface area contributed by atoms with Crippen LogP contribution in [0.3, 0.4) is 0 Å². The lowest BCUT2D eigenvalue weighted by molar-refractivity contribution is -0.137.